The van der Waals surface area contributed by atoms with E-state index in [4.69, 9.17) is 17.3 Å². The number of fused-ring (bicyclic) bond motifs is 1. The highest BCUT2D eigenvalue weighted by molar-refractivity contribution is 6.33. The maximum atomic E-state index is 12.8. The molecule has 0 fully saturated rings. The van der Waals surface area contributed by atoms with Crippen LogP contribution in [-0.2, 0) is 6.18 Å². The molecule has 0 spiro atoms. The Bertz CT molecular complexity index is 619. The number of imidazole rings is 1. The third kappa shape index (κ3) is 2.42. The van der Waals surface area contributed by atoms with Crippen LogP contribution in [0.4, 0.5) is 13.2 Å². The molecule has 0 aliphatic rings. The van der Waals surface area contributed by atoms with Gasteiger partial charge in [0.25, 0.3) is 0 Å². The number of hydrogen-bond acceptors (Lipinski definition) is 2. The maximum Gasteiger partial charge on any atom is 0.417 e. The molecule has 19 heavy (non-hydrogen) atoms. The Morgan fingerprint density at radius 2 is 2.11 bits per heavy atom. The lowest BCUT2D eigenvalue weighted by Gasteiger charge is -2.12. The quantitative estimate of drug-likeness (QED) is 0.922. The molecule has 2 N–H and O–H groups in total. The predicted octanol–water partition coefficient (Wildman–Crippen LogP) is 3.38. The van der Waals surface area contributed by atoms with Crippen molar-refractivity contribution < 1.29 is 13.2 Å². The molecule has 2 rings (SSSR count). The van der Waals surface area contributed by atoms with E-state index in [9.17, 15) is 13.2 Å². The zero-order chi connectivity index (χ0) is 14.4. The predicted molar refractivity (Wildman–Crippen MR) is 67.4 cm³/mol. The maximum absolute atomic E-state index is 12.8. The summed E-state index contributed by atoms with van der Waals surface area (Å²) in [5.74, 6) is -0.102. The van der Waals surface area contributed by atoms with Gasteiger partial charge in [-0.3, -0.25) is 0 Å². The number of pyridine rings is 1. The van der Waals surface area contributed by atoms with Crippen LogP contribution < -0.4 is 5.73 Å². The van der Waals surface area contributed by atoms with Gasteiger partial charge in [-0.15, -0.1) is 0 Å². The molecule has 0 aliphatic heterocycles. The van der Waals surface area contributed by atoms with Gasteiger partial charge in [0, 0.05) is 24.4 Å². The van der Waals surface area contributed by atoms with Crippen LogP contribution in [0.15, 0.2) is 12.3 Å². The first-order valence-corrected chi connectivity index (χ1v) is 6.09. The van der Waals surface area contributed by atoms with Gasteiger partial charge >= 0.3 is 6.18 Å². The van der Waals surface area contributed by atoms with Crippen LogP contribution in [0, 0.1) is 6.92 Å². The Labute approximate surface area is 113 Å². The molecule has 0 bridgehead atoms. The molecule has 1 atom stereocenters. The molecule has 2 heterocycles. The fourth-order valence-corrected chi connectivity index (χ4v) is 2.35. The summed E-state index contributed by atoms with van der Waals surface area (Å²) < 4.78 is 39.8. The van der Waals surface area contributed by atoms with Crippen molar-refractivity contribution in [1.82, 2.24) is 9.38 Å². The largest absolute Gasteiger partial charge is 0.417 e. The number of nitrogens with zero attached hydrogens (tertiary/aromatic N) is 2. The highest BCUT2D eigenvalue weighted by atomic mass is 35.5. The number of aryl methyl sites for hydroxylation is 1. The Morgan fingerprint density at radius 1 is 1.47 bits per heavy atom. The molecule has 3 nitrogen and oxygen atoms in total. The van der Waals surface area contributed by atoms with Crippen molar-refractivity contribution >= 4 is 17.2 Å². The summed E-state index contributed by atoms with van der Waals surface area (Å²) in [4.78, 5) is 4.21. The summed E-state index contributed by atoms with van der Waals surface area (Å²) in [7, 11) is 0. The molecule has 0 radical (unpaired) electrons. The van der Waals surface area contributed by atoms with Gasteiger partial charge in [0.15, 0.2) is 5.65 Å². The van der Waals surface area contributed by atoms with Gasteiger partial charge in [-0.25, -0.2) is 4.98 Å². The molecule has 1 unspecified atom stereocenters. The number of aromatic nitrogens is 2. The van der Waals surface area contributed by atoms with E-state index in [1.54, 1.807) is 6.92 Å². The minimum absolute atomic E-state index is 0.0200. The van der Waals surface area contributed by atoms with Crippen molar-refractivity contribution in [3.8, 4) is 0 Å². The second kappa shape index (κ2) is 4.68. The number of alkyl halides is 3. The number of nitrogens with two attached hydrogens (primary N) is 1. The van der Waals surface area contributed by atoms with Crippen molar-refractivity contribution in [2.45, 2.75) is 25.9 Å². The third-order valence-electron chi connectivity index (χ3n) is 3.04. The summed E-state index contributed by atoms with van der Waals surface area (Å²) in [6.45, 7) is 3.89. The van der Waals surface area contributed by atoms with E-state index in [0.717, 1.165) is 12.3 Å². The highest BCUT2D eigenvalue weighted by Crippen LogP contribution is 2.34. The van der Waals surface area contributed by atoms with Crippen LogP contribution in [0.1, 0.15) is 29.8 Å². The zero-order valence-corrected chi connectivity index (χ0v) is 11.2. The van der Waals surface area contributed by atoms with Crippen LogP contribution in [-0.4, -0.2) is 15.9 Å². The zero-order valence-electron chi connectivity index (χ0n) is 10.4. The molecule has 0 saturated heterocycles. The van der Waals surface area contributed by atoms with Crippen LogP contribution in [0.5, 0.6) is 0 Å². The summed E-state index contributed by atoms with van der Waals surface area (Å²) in [6.07, 6.45) is -3.43. The first kappa shape index (κ1) is 14.1. The van der Waals surface area contributed by atoms with Crippen molar-refractivity contribution in [3.63, 3.8) is 0 Å². The molecular weight excluding hydrogens is 279 g/mol. The van der Waals surface area contributed by atoms with E-state index in [1.165, 1.54) is 4.40 Å². The smallest absolute Gasteiger partial charge is 0.330 e. The van der Waals surface area contributed by atoms with E-state index in [1.807, 2.05) is 6.92 Å². The molecule has 2 aromatic rings. The normalized spacial score (nSPS) is 14.1. The lowest BCUT2D eigenvalue weighted by Crippen LogP contribution is -2.13. The van der Waals surface area contributed by atoms with Crippen molar-refractivity contribution in [3.05, 3.63) is 34.2 Å². The minimum Gasteiger partial charge on any atom is -0.330 e. The topological polar surface area (TPSA) is 43.3 Å². The third-order valence-corrected chi connectivity index (χ3v) is 3.32. The Balaban J connectivity index is 2.77. The average Bonchev–Trinajstić information content (AvgIpc) is 2.64. The lowest BCUT2D eigenvalue weighted by molar-refractivity contribution is -0.137. The monoisotopic (exact) mass is 291 g/mol. The van der Waals surface area contributed by atoms with Crippen molar-refractivity contribution in [2.75, 3.05) is 6.54 Å². The summed E-state index contributed by atoms with van der Waals surface area (Å²) in [5, 5.41) is -0.0200. The standard InChI is InChI=1S/C12H13ClF3N3/c1-6(4-17)10-7(2)18-11-9(13)3-8(5-19(10)11)12(14,15)16/h3,5-6H,4,17H2,1-2H3. The van der Waals surface area contributed by atoms with Crippen molar-refractivity contribution in [2.24, 2.45) is 5.73 Å². The van der Waals surface area contributed by atoms with Gasteiger partial charge in [0.2, 0.25) is 0 Å². The molecule has 7 heteroatoms. The highest BCUT2D eigenvalue weighted by Gasteiger charge is 2.32. The molecule has 0 aliphatic carbocycles. The Morgan fingerprint density at radius 3 is 2.63 bits per heavy atom. The van der Waals surface area contributed by atoms with Crippen LogP contribution >= 0.6 is 11.6 Å². The van der Waals surface area contributed by atoms with Crippen LogP contribution in [0.3, 0.4) is 0 Å². The number of hydrogen-bond donors (Lipinski definition) is 1. The SMILES string of the molecule is Cc1nc2c(Cl)cc(C(F)(F)F)cn2c1C(C)CN. The fourth-order valence-electron chi connectivity index (χ4n) is 2.10. The van der Waals surface area contributed by atoms with E-state index in [2.05, 4.69) is 4.98 Å². The van der Waals surface area contributed by atoms with Gasteiger partial charge in [-0.05, 0) is 13.0 Å². The first-order chi connectivity index (χ1) is 8.75. The molecule has 0 saturated carbocycles. The Hall–Kier alpha value is -1.27. The molecule has 104 valence electrons. The number of halogens is 4. The fraction of sp³-hybridized carbons (Fsp3) is 0.417. The van der Waals surface area contributed by atoms with Gasteiger partial charge in [0.05, 0.1) is 16.3 Å². The second-order valence-corrected chi connectivity index (χ2v) is 4.89. The lowest BCUT2D eigenvalue weighted by atomic mass is 10.1. The van der Waals surface area contributed by atoms with Crippen LogP contribution in [0.25, 0.3) is 5.65 Å². The molecule has 0 amide bonds. The van der Waals surface area contributed by atoms with E-state index >= 15 is 0 Å². The average molecular weight is 292 g/mol. The summed E-state index contributed by atoms with van der Waals surface area (Å²) in [5.41, 5.74) is 6.41. The van der Waals surface area contributed by atoms with Gasteiger partial charge in [-0.2, -0.15) is 13.2 Å². The van der Waals surface area contributed by atoms with Gasteiger partial charge < -0.3 is 10.1 Å². The second-order valence-electron chi connectivity index (χ2n) is 4.49. The summed E-state index contributed by atoms with van der Waals surface area (Å²) in [6, 6.07) is 0.889. The van der Waals surface area contributed by atoms with Crippen LogP contribution in [0.2, 0.25) is 5.02 Å². The van der Waals surface area contributed by atoms with E-state index in [-0.39, 0.29) is 10.9 Å². The van der Waals surface area contributed by atoms with Gasteiger partial charge in [-0.1, -0.05) is 18.5 Å². The summed E-state index contributed by atoms with van der Waals surface area (Å²) >= 11 is 5.89. The molecule has 2 aromatic heterocycles. The van der Waals surface area contributed by atoms with E-state index < -0.39 is 11.7 Å². The van der Waals surface area contributed by atoms with Gasteiger partial charge in [0.1, 0.15) is 0 Å². The molecular formula is C12H13ClF3N3. The Kier molecular flexibility index (Phi) is 3.49. The minimum atomic E-state index is -4.45. The number of rotatable bonds is 2. The van der Waals surface area contributed by atoms with E-state index in [0.29, 0.717) is 23.6 Å². The van der Waals surface area contributed by atoms with Crippen molar-refractivity contribution in [1.29, 1.82) is 0 Å². The first-order valence-electron chi connectivity index (χ1n) is 5.71. The molecule has 0 aromatic carbocycles.